The van der Waals surface area contributed by atoms with E-state index in [0.717, 1.165) is 13.0 Å². The molecule has 5 nitrogen and oxygen atoms in total. The summed E-state index contributed by atoms with van der Waals surface area (Å²) in [5.74, 6) is 0.365. The third kappa shape index (κ3) is 11.6. The molecule has 0 rings (SSSR count). The van der Waals surface area contributed by atoms with Crippen molar-refractivity contribution in [1.82, 2.24) is 10.6 Å². The van der Waals surface area contributed by atoms with E-state index in [1.165, 1.54) is 19.3 Å². The van der Waals surface area contributed by atoms with Crippen LogP contribution in [0.4, 0.5) is 0 Å². The van der Waals surface area contributed by atoms with Crippen LogP contribution < -0.4 is 10.6 Å². The van der Waals surface area contributed by atoms with E-state index in [0.29, 0.717) is 5.96 Å². The first-order valence-electron chi connectivity index (χ1n) is 7.05. The first-order valence-corrected chi connectivity index (χ1v) is 7.05. The Morgan fingerprint density at radius 2 is 1.84 bits per heavy atom. The van der Waals surface area contributed by atoms with Gasteiger partial charge in [-0.1, -0.05) is 26.2 Å². The molecule has 0 heterocycles. The molecule has 0 unspecified atom stereocenters. The van der Waals surface area contributed by atoms with Crippen LogP contribution in [0.1, 0.15) is 53.4 Å². The van der Waals surface area contributed by atoms with Gasteiger partial charge in [-0.3, -0.25) is 9.79 Å². The summed E-state index contributed by atoms with van der Waals surface area (Å²) >= 11 is 0. The van der Waals surface area contributed by atoms with Crippen molar-refractivity contribution in [1.29, 1.82) is 0 Å². The third-order valence-corrected chi connectivity index (χ3v) is 2.37. The van der Waals surface area contributed by atoms with Gasteiger partial charge in [0, 0.05) is 13.6 Å². The second kappa shape index (κ2) is 9.64. The van der Waals surface area contributed by atoms with Crippen LogP contribution in [0, 0.1) is 0 Å². The lowest BCUT2D eigenvalue weighted by Gasteiger charge is -2.20. The summed E-state index contributed by atoms with van der Waals surface area (Å²) < 4.78 is 5.21. The number of carbonyl (C=O) groups excluding carboxylic acids is 1. The topological polar surface area (TPSA) is 62.7 Å². The number of aliphatic imine (C=N–C) groups is 1. The van der Waals surface area contributed by atoms with E-state index in [1.807, 2.05) is 20.8 Å². The Morgan fingerprint density at radius 3 is 2.37 bits per heavy atom. The van der Waals surface area contributed by atoms with Crippen LogP contribution in [-0.2, 0) is 9.53 Å². The summed E-state index contributed by atoms with van der Waals surface area (Å²) in [5.41, 5.74) is -0.449. The largest absolute Gasteiger partial charge is 0.459 e. The average Bonchev–Trinajstić information content (AvgIpc) is 2.30. The average molecular weight is 271 g/mol. The summed E-state index contributed by atoms with van der Waals surface area (Å²) in [6.07, 6.45) is 4.81. The highest BCUT2D eigenvalue weighted by molar-refractivity contribution is 5.84. The zero-order valence-electron chi connectivity index (χ0n) is 13.0. The first-order chi connectivity index (χ1) is 8.89. The fourth-order valence-corrected chi connectivity index (χ4v) is 1.51. The molecule has 0 saturated heterocycles. The van der Waals surface area contributed by atoms with E-state index in [-0.39, 0.29) is 12.5 Å². The molecular weight excluding hydrogens is 242 g/mol. The standard InChI is InChI=1S/C14H29N3O2/c1-6-7-8-9-10-16-13(15-5)17-11-12(18)19-14(2,3)4/h6-11H2,1-5H3,(H2,15,16,17). The zero-order chi connectivity index (χ0) is 14.7. The van der Waals surface area contributed by atoms with Crippen molar-refractivity contribution in [2.45, 2.75) is 59.0 Å². The van der Waals surface area contributed by atoms with Gasteiger partial charge in [0.25, 0.3) is 0 Å². The Morgan fingerprint density at radius 1 is 1.16 bits per heavy atom. The summed E-state index contributed by atoms with van der Waals surface area (Å²) in [4.78, 5) is 15.6. The van der Waals surface area contributed by atoms with Gasteiger partial charge in [-0.05, 0) is 27.2 Å². The lowest BCUT2D eigenvalue weighted by Crippen LogP contribution is -2.42. The molecule has 0 radical (unpaired) electrons. The van der Waals surface area contributed by atoms with Gasteiger partial charge in [-0.25, -0.2) is 0 Å². The van der Waals surface area contributed by atoms with Crippen molar-refractivity contribution in [2.75, 3.05) is 20.1 Å². The number of rotatable bonds is 7. The molecule has 0 aromatic carbocycles. The van der Waals surface area contributed by atoms with Gasteiger partial charge in [0.15, 0.2) is 5.96 Å². The van der Waals surface area contributed by atoms with Crippen LogP contribution in [0.15, 0.2) is 4.99 Å². The van der Waals surface area contributed by atoms with Gasteiger partial charge in [0.1, 0.15) is 12.1 Å². The van der Waals surface area contributed by atoms with Gasteiger partial charge < -0.3 is 15.4 Å². The molecule has 0 atom stereocenters. The molecule has 0 bridgehead atoms. The van der Waals surface area contributed by atoms with Crippen molar-refractivity contribution < 1.29 is 9.53 Å². The van der Waals surface area contributed by atoms with Crippen LogP contribution in [0.5, 0.6) is 0 Å². The second-order valence-corrected chi connectivity index (χ2v) is 5.50. The molecule has 112 valence electrons. The zero-order valence-corrected chi connectivity index (χ0v) is 13.0. The second-order valence-electron chi connectivity index (χ2n) is 5.50. The van der Waals surface area contributed by atoms with Crippen molar-refractivity contribution in [3.8, 4) is 0 Å². The summed E-state index contributed by atoms with van der Waals surface area (Å²) in [7, 11) is 1.69. The highest BCUT2D eigenvalue weighted by Crippen LogP contribution is 2.06. The number of ether oxygens (including phenoxy) is 1. The molecule has 0 aliphatic rings. The summed E-state index contributed by atoms with van der Waals surface area (Å²) in [6, 6.07) is 0. The van der Waals surface area contributed by atoms with Crippen LogP contribution in [0.25, 0.3) is 0 Å². The van der Waals surface area contributed by atoms with Gasteiger partial charge in [-0.2, -0.15) is 0 Å². The maximum absolute atomic E-state index is 11.5. The van der Waals surface area contributed by atoms with Gasteiger partial charge >= 0.3 is 5.97 Å². The molecule has 0 aliphatic carbocycles. The van der Waals surface area contributed by atoms with E-state index in [1.54, 1.807) is 7.05 Å². The lowest BCUT2D eigenvalue weighted by atomic mass is 10.2. The monoisotopic (exact) mass is 271 g/mol. The minimum atomic E-state index is -0.449. The minimum Gasteiger partial charge on any atom is -0.459 e. The van der Waals surface area contributed by atoms with Crippen molar-refractivity contribution >= 4 is 11.9 Å². The number of nitrogens with one attached hydrogen (secondary N) is 2. The van der Waals surface area contributed by atoms with E-state index in [2.05, 4.69) is 22.5 Å². The fraction of sp³-hybridized carbons (Fsp3) is 0.857. The summed E-state index contributed by atoms with van der Waals surface area (Å²) in [6.45, 7) is 8.75. The first kappa shape index (κ1) is 17.7. The lowest BCUT2D eigenvalue weighted by molar-refractivity contribution is -0.153. The van der Waals surface area contributed by atoms with E-state index >= 15 is 0 Å². The van der Waals surface area contributed by atoms with E-state index in [9.17, 15) is 4.79 Å². The molecule has 2 N–H and O–H groups in total. The van der Waals surface area contributed by atoms with Crippen molar-refractivity contribution in [2.24, 2.45) is 4.99 Å². The highest BCUT2D eigenvalue weighted by atomic mass is 16.6. The maximum atomic E-state index is 11.5. The van der Waals surface area contributed by atoms with Gasteiger partial charge in [0.2, 0.25) is 0 Å². The molecule has 0 fully saturated rings. The van der Waals surface area contributed by atoms with E-state index < -0.39 is 5.60 Å². The SMILES string of the molecule is CCCCCCNC(=NC)NCC(=O)OC(C)(C)C. The summed E-state index contributed by atoms with van der Waals surface area (Å²) in [5, 5.41) is 6.12. The van der Waals surface area contributed by atoms with Crippen LogP contribution in [0.3, 0.4) is 0 Å². The highest BCUT2D eigenvalue weighted by Gasteiger charge is 2.16. The van der Waals surface area contributed by atoms with Gasteiger partial charge in [0.05, 0.1) is 0 Å². The number of esters is 1. The number of hydrogen-bond acceptors (Lipinski definition) is 3. The number of guanidine groups is 1. The quantitative estimate of drug-likeness (QED) is 0.322. The molecule has 0 saturated carbocycles. The Balaban J connectivity index is 3.79. The predicted octanol–water partition coefficient (Wildman–Crippen LogP) is 2.07. The maximum Gasteiger partial charge on any atom is 0.325 e. The number of hydrogen-bond donors (Lipinski definition) is 2. The molecule has 19 heavy (non-hydrogen) atoms. The normalized spacial score (nSPS) is 12.2. The van der Waals surface area contributed by atoms with E-state index in [4.69, 9.17) is 4.74 Å². The molecule has 0 aliphatic heterocycles. The minimum absolute atomic E-state index is 0.131. The van der Waals surface area contributed by atoms with Crippen molar-refractivity contribution in [3.05, 3.63) is 0 Å². The molecule has 5 heteroatoms. The molecule has 0 spiro atoms. The Bertz CT molecular complexity index is 283. The van der Waals surface area contributed by atoms with Crippen LogP contribution in [0.2, 0.25) is 0 Å². The van der Waals surface area contributed by atoms with Crippen LogP contribution in [-0.4, -0.2) is 37.7 Å². The molecule has 0 amide bonds. The number of nitrogens with zero attached hydrogens (tertiary/aromatic N) is 1. The third-order valence-electron chi connectivity index (χ3n) is 2.37. The van der Waals surface area contributed by atoms with Crippen molar-refractivity contribution in [3.63, 3.8) is 0 Å². The molecular formula is C14H29N3O2. The fourth-order valence-electron chi connectivity index (χ4n) is 1.51. The number of unbranched alkanes of at least 4 members (excludes halogenated alkanes) is 3. The molecule has 0 aromatic heterocycles. The number of carbonyl (C=O) groups is 1. The Hall–Kier alpha value is -1.26. The Labute approximate surface area is 117 Å². The smallest absolute Gasteiger partial charge is 0.325 e. The van der Waals surface area contributed by atoms with Gasteiger partial charge in [-0.15, -0.1) is 0 Å². The molecule has 0 aromatic rings. The van der Waals surface area contributed by atoms with Crippen LogP contribution >= 0.6 is 0 Å². The Kier molecular flexibility index (Phi) is 9.00. The predicted molar refractivity (Wildman–Crippen MR) is 79.4 cm³/mol.